The quantitative estimate of drug-likeness (QED) is 0.431. The highest BCUT2D eigenvalue weighted by Crippen LogP contribution is 2.27. The van der Waals surface area contributed by atoms with E-state index in [-0.39, 0.29) is 17.9 Å². The fourth-order valence-corrected chi connectivity index (χ4v) is 4.14. The molecule has 0 saturated carbocycles. The van der Waals surface area contributed by atoms with Crippen LogP contribution in [0.25, 0.3) is 0 Å². The Hall–Kier alpha value is -3.76. The van der Waals surface area contributed by atoms with Crippen molar-refractivity contribution in [2.75, 3.05) is 13.1 Å². The maximum Gasteiger partial charge on any atom is 0.471 e. The molecule has 0 bridgehead atoms. The molecule has 11 heteroatoms. The van der Waals surface area contributed by atoms with Gasteiger partial charge in [-0.15, -0.1) is 0 Å². The van der Waals surface area contributed by atoms with E-state index >= 15 is 0 Å². The average Bonchev–Trinajstić information content (AvgIpc) is 2.86. The second-order valence-electron chi connectivity index (χ2n) is 10.8. The van der Waals surface area contributed by atoms with Crippen molar-refractivity contribution in [1.29, 1.82) is 0 Å². The lowest BCUT2D eigenvalue weighted by Crippen LogP contribution is -2.45. The van der Waals surface area contributed by atoms with Crippen LogP contribution in [0.5, 0.6) is 5.75 Å². The number of likely N-dealkylation sites (tertiary alicyclic amines) is 1. The molecule has 0 aromatic heterocycles. The van der Waals surface area contributed by atoms with E-state index < -0.39 is 48.0 Å². The van der Waals surface area contributed by atoms with E-state index in [1.54, 1.807) is 45.0 Å². The highest BCUT2D eigenvalue weighted by Gasteiger charge is 2.40. The van der Waals surface area contributed by atoms with Gasteiger partial charge in [0.2, 0.25) is 0 Å². The predicted molar refractivity (Wildman–Crippen MR) is 141 cm³/mol. The van der Waals surface area contributed by atoms with Gasteiger partial charge >= 0.3 is 24.1 Å². The number of alkyl halides is 3. The van der Waals surface area contributed by atoms with Gasteiger partial charge in [0.25, 0.3) is 0 Å². The second-order valence-corrected chi connectivity index (χ2v) is 10.8. The molecule has 1 fully saturated rings. The first kappa shape index (κ1) is 30.8. The van der Waals surface area contributed by atoms with Crippen LogP contribution in [-0.4, -0.2) is 59.9 Å². The van der Waals surface area contributed by atoms with E-state index in [2.05, 4.69) is 0 Å². The average molecular weight is 565 g/mol. The largest absolute Gasteiger partial charge is 0.484 e. The van der Waals surface area contributed by atoms with Crippen molar-refractivity contribution in [3.8, 4) is 5.75 Å². The number of nitrogens with zero attached hydrogens (tertiary/aromatic N) is 1. The zero-order valence-corrected chi connectivity index (χ0v) is 23.2. The number of hydrogen-bond acceptors (Lipinski definition) is 6. The molecule has 2 amide bonds. The first-order valence-corrected chi connectivity index (χ1v) is 13.0. The number of ether oxygens (including phenoxy) is 3. The first-order chi connectivity index (χ1) is 18.6. The lowest BCUT2D eigenvalue weighted by Gasteiger charge is -2.33. The zero-order chi connectivity index (χ0) is 29.7. The molecule has 1 aliphatic rings. The summed E-state index contributed by atoms with van der Waals surface area (Å²) in [6.45, 7) is 9.37. The summed E-state index contributed by atoms with van der Waals surface area (Å²) < 4.78 is 55.6. The SMILES string of the molecule is Cc1ccc(C(Oc2ccc(C(=O)O[C@H]3CCCN(C(=O)OC(C)(C)C)C3)cc2)C(C)NC(=O)C(F)(F)F)cc1. The molecule has 3 atom stereocenters. The Morgan fingerprint density at radius 1 is 1.00 bits per heavy atom. The number of carbonyl (C=O) groups excluding carboxylic acids is 3. The summed E-state index contributed by atoms with van der Waals surface area (Å²) in [5, 5.41) is 1.95. The summed E-state index contributed by atoms with van der Waals surface area (Å²) in [5.41, 5.74) is 1.12. The summed E-state index contributed by atoms with van der Waals surface area (Å²) in [5.74, 6) is -2.36. The van der Waals surface area contributed by atoms with Crippen molar-refractivity contribution >= 4 is 18.0 Å². The van der Waals surface area contributed by atoms with Crippen LogP contribution in [0.1, 0.15) is 68.1 Å². The predicted octanol–water partition coefficient (Wildman–Crippen LogP) is 5.74. The summed E-state index contributed by atoms with van der Waals surface area (Å²) in [4.78, 5) is 38.2. The Morgan fingerprint density at radius 3 is 2.20 bits per heavy atom. The summed E-state index contributed by atoms with van der Waals surface area (Å²) in [6, 6.07) is 12.0. The molecule has 8 nitrogen and oxygen atoms in total. The molecular weight excluding hydrogens is 529 g/mol. The molecule has 2 unspecified atom stereocenters. The number of rotatable bonds is 7. The molecule has 3 rings (SSSR count). The van der Waals surface area contributed by atoms with Crippen molar-refractivity contribution in [3.63, 3.8) is 0 Å². The van der Waals surface area contributed by atoms with E-state index in [1.165, 1.54) is 36.1 Å². The molecule has 2 aromatic carbocycles. The monoisotopic (exact) mass is 564 g/mol. The van der Waals surface area contributed by atoms with E-state index in [1.807, 2.05) is 12.2 Å². The van der Waals surface area contributed by atoms with Crippen LogP contribution in [0.3, 0.4) is 0 Å². The van der Waals surface area contributed by atoms with Crippen LogP contribution in [0.4, 0.5) is 18.0 Å². The molecule has 0 spiro atoms. The Labute approximate surface area is 231 Å². The number of benzene rings is 2. The van der Waals surface area contributed by atoms with Gasteiger partial charge in [0.05, 0.1) is 18.2 Å². The minimum Gasteiger partial charge on any atom is -0.484 e. The molecule has 40 heavy (non-hydrogen) atoms. The molecule has 218 valence electrons. The van der Waals surface area contributed by atoms with Crippen molar-refractivity contribution in [3.05, 3.63) is 65.2 Å². The number of aryl methyl sites for hydroxylation is 1. The van der Waals surface area contributed by atoms with Crippen LogP contribution in [-0.2, 0) is 14.3 Å². The Morgan fingerprint density at radius 2 is 1.62 bits per heavy atom. The number of esters is 1. The normalized spacial score (nSPS) is 17.4. The number of carbonyl (C=O) groups is 3. The van der Waals surface area contributed by atoms with Crippen molar-refractivity contribution < 1.29 is 41.8 Å². The number of halogens is 3. The Kier molecular flexibility index (Phi) is 9.70. The topological polar surface area (TPSA) is 94.2 Å². The van der Waals surface area contributed by atoms with Crippen LogP contribution in [0.15, 0.2) is 48.5 Å². The summed E-state index contributed by atoms with van der Waals surface area (Å²) in [6.07, 6.45) is -5.66. The fraction of sp³-hybridized carbons (Fsp3) is 0.483. The van der Waals surface area contributed by atoms with Crippen molar-refractivity contribution in [1.82, 2.24) is 10.2 Å². The fourth-order valence-electron chi connectivity index (χ4n) is 4.14. The summed E-state index contributed by atoms with van der Waals surface area (Å²) >= 11 is 0. The lowest BCUT2D eigenvalue weighted by atomic mass is 10.0. The van der Waals surface area contributed by atoms with Crippen molar-refractivity contribution in [2.45, 2.75) is 77.5 Å². The number of nitrogens with one attached hydrogen (secondary N) is 1. The van der Waals surface area contributed by atoms with Gasteiger partial charge < -0.3 is 24.4 Å². The lowest BCUT2D eigenvalue weighted by molar-refractivity contribution is -0.174. The molecule has 1 N–H and O–H groups in total. The van der Waals surface area contributed by atoms with Gasteiger partial charge in [0.1, 0.15) is 23.6 Å². The van der Waals surface area contributed by atoms with Gasteiger partial charge in [-0.05, 0) is 77.3 Å². The molecule has 0 aliphatic carbocycles. The molecular formula is C29H35F3N2O6. The number of hydrogen-bond donors (Lipinski definition) is 1. The van der Waals surface area contributed by atoms with Crippen LogP contribution < -0.4 is 10.1 Å². The molecule has 0 radical (unpaired) electrons. The first-order valence-electron chi connectivity index (χ1n) is 13.0. The highest BCUT2D eigenvalue weighted by atomic mass is 19.4. The third-order valence-electron chi connectivity index (χ3n) is 6.13. The van der Waals surface area contributed by atoms with Crippen LogP contribution in [0, 0.1) is 6.92 Å². The zero-order valence-electron chi connectivity index (χ0n) is 23.2. The van der Waals surface area contributed by atoms with E-state index in [0.717, 1.165) is 5.56 Å². The molecule has 1 aliphatic heterocycles. The van der Waals surface area contributed by atoms with Crippen molar-refractivity contribution in [2.24, 2.45) is 0 Å². The second kappa shape index (κ2) is 12.6. The maximum atomic E-state index is 12.8. The molecule has 1 heterocycles. The number of amides is 2. The van der Waals surface area contributed by atoms with Gasteiger partial charge in [-0.25, -0.2) is 9.59 Å². The summed E-state index contributed by atoms with van der Waals surface area (Å²) in [7, 11) is 0. The minimum absolute atomic E-state index is 0.224. The van der Waals surface area contributed by atoms with Gasteiger partial charge in [-0.1, -0.05) is 29.8 Å². The van der Waals surface area contributed by atoms with E-state index in [4.69, 9.17) is 14.2 Å². The third kappa shape index (κ3) is 8.89. The third-order valence-corrected chi connectivity index (χ3v) is 6.13. The van der Waals surface area contributed by atoms with E-state index in [0.29, 0.717) is 24.9 Å². The maximum absolute atomic E-state index is 12.8. The number of piperidine rings is 1. The smallest absolute Gasteiger partial charge is 0.471 e. The minimum atomic E-state index is -5.03. The Balaban J connectivity index is 1.67. The van der Waals surface area contributed by atoms with Crippen LogP contribution in [0.2, 0.25) is 0 Å². The standard InChI is InChI=1S/C29H35F3N2O6/c1-18-8-10-20(11-9-18)24(19(2)33-26(36)29(30,31)32)38-22-14-12-21(13-15-22)25(35)39-23-7-6-16-34(17-23)27(37)40-28(3,4)5/h8-15,19,23-24H,6-7,16-17H2,1-5H3,(H,33,36)/t19?,23-,24?/m0/s1. The molecule has 2 aromatic rings. The Bertz CT molecular complexity index is 1180. The highest BCUT2D eigenvalue weighted by molar-refractivity contribution is 5.89. The van der Waals surface area contributed by atoms with Gasteiger partial charge in [0, 0.05) is 6.54 Å². The molecule has 1 saturated heterocycles. The van der Waals surface area contributed by atoms with E-state index in [9.17, 15) is 27.6 Å². The van der Waals surface area contributed by atoms with Gasteiger partial charge in [0.15, 0.2) is 0 Å². The van der Waals surface area contributed by atoms with Crippen LogP contribution >= 0.6 is 0 Å². The van der Waals surface area contributed by atoms with Gasteiger partial charge in [-0.3, -0.25) is 4.79 Å². The van der Waals surface area contributed by atoms with Gasteiger partial charge in [-0.2, -0.15) is 13.2 Å².